The number of hydrogen-bond acceptors (Lipinski definition) is 5. The summed E-state index contributed by atoms with van der Waals surface area (Å²) in [6.07, 6.45) is 0.0127. The largest absolute Gasteiger partial charge is 0.495 e. The molecule has 0 fully saturated rings. The highest BCUT2D eigenvalue weighted by molar-refractivity contribution is 5.74. The lowest BCUT2D eigenvalue weighted by Gasteiger charge is -2.11. The van der Waals surface area contributed by atoms with Crippen LogP contribution >= 0.6 is 0 Å². The summed E-state index contributed by atoms with van der Waals surface area (Å²) in [5.41, 5.74) is 1.31. The fourth-order valence-electron chi connectivity index (χ4n) is 1.66. The standard InChI is InChI=1S/C13H15NO4/c1-3-18-12(16)6-9-4-5-10(8-15)13(17-2)11(9)7-14/h4-5,15H,3,6,8H2,1-2H3. The third-order valence-electron chi connectivity index (χ3n) is 2.45. The quantitative estimate of drug-likeness (QED) is 0.792. The molecule has 0 spiro atoms. The Hall–Kier alpha value is -2.06. The van der Waals surface area contributed by atoms with E-state index in [1.165, 1.54) is 7.11 Å². The van der Waals surface area contributed by atoms with Crippen molar-refractivity contribution in [2.45, 2.75) is 20.0 Å². The van der Waals surface area contributed by atoms with Gasteiger partial charge in [-0.2, -0.15) is 5.26 Å². The third kappa shape index (κ3) is 2.99. The Morgan fingerprint density at radius 2 is 2.11 bits per heavy atom. The SMILES string of the molecule is CCOC(=O)Cc1ccc(CO)c(OC)c1C#N. The summed E-state index contributed by atoms with van der Waals surface area (Å²) >= 11 is 0. The molecule has 0 bridgehead atoms. The molecule has 0 aliphatic rings. The molecule has 0 amide bonds. The Morgan fingerprint density at radius 3 is 2.61 bits per heavy atom. The first-order valence-corrected chi connectivity index (χ1v) is 5.53. The molecule has 0 heterocycles. The van der Waals surface area contributed by atoms with Crippen molar-refractivity contribution in [3.63, 3.8) is 0 Å². The number of ether oxygens (including phenoxy) is 2. The Kier molecular flexibility index (Phi) is 5.15. The van der Waals surface area contributed by atoms with Gasteiger partial charge in [-0.25, -0.2) is 0 Å². The molecule has 1 rings (SSSR count). The highest BCUT2D eigenvalue weighted by Crippen LogP contribution is 2.27. The van der Waals surface area contributed by atoms with Crippen LogP contribution in [0.4, 0.5) is 0 Å². The van der Waals surface area contributed by atoms with Gasteiger partial charge in [-0.05, 0) is 12.5 Å². The number of rotatable bonds is 5. The number of nitrogens with zero attached hydrogens (tertiary/aromatic N) is 1. The van der Waals surface area contributed by atoms with Crippen LogP contribution in [0, 0.1) is 11.3 Å². The molecule has 1 aromatic carbocycles. The summed E-state index contributed by atoms with van der Waals surface area (Å²) < 4.78 is 9.94. The van der Waals surface area contributed by atoms with E-state index in [1.54, 1.807) is 19.1 Å². The number of nitriles is 1. The number of carbonyl (C=O) groups excluding carboxylic acids is 1. The van der Waals surface area contributed by atoms with E-state index < -0.39 is 5.97 Å². The minimum atomic E-state index is -0.396. The van der Waals surface area contributed by atoms with Gasteiger partial charge in [0, 0.05) is 5.56 Å². The number of aliphatic hydroxyl groups is 1. The van der Waals surface area contributed by atoms with Crippen molar-refractivity contribution in [3.8, 4) is 11.8 Å². The maximum absolute atomic E-state index is 11.4. The molecule has 96 valence electrons. The van der Waals surface area contributed by atoms with Gasteiger partial charge in [0.1, 0.15) is 11.8 Å². The minimum absolute atomic E-state index is 0.0127. The molecule has 0 aromatic heterocycles. The molecule has 0 aliphatic carbocycles. The Labute approximate surface area is 106 Å². The predicted molar refractivity (Wildman–Crippen MR) is 64.0 cm³/mol. The van der Waals surface area contributed by atoms with E-state index >= 15 is 0 Å². The molecule has 0 unspecified atom stereocenters. The van der Waals surface area contributed by atoms with E-state index in [0.29, 0.717) is 23.5 Å². The van der Waals surface area contributed by atoms with Crippen LogP contribution in [0.25, 0.3) is 0 Å². The van der Waals surface area contributed by atoms with Crippen LogP contribution in [-0.2, 0) is 22.6 Å². The Balaban J connectivity index is 3.14. The normalized spacial score (nSPS) is 9.67. The van der Waals surface area contributed by atoms with Gasteiger partial charge in [-0.15, -0.1) is 0 Å². The molecule has 0 aliphatic heterocycles. The highest BCUT2D eigenvalue weighted by Gasteiger charge is 2.16. The summed E-state index contributed by atoms with van der Waals surface area (Å²) in [4.78, 5) is 11.4. The topological polar surface area (TPSA) is 79.6 Å². The van der Waals surface area contributed by atoms with Crippen molar-refractivity contribution in [2.24, 2.45) is 0 Å². The van der Waals surface area contributed by atoms with Crippen molar-refractivity contribution < 1.29 is 19.4 Å². The zero-order chi connectivity index (χ0) is 13.5. The number of hydrogen-bond donors (Lipinski definition) is 1. The van der Waals surface area contributed by atoms with E-state index in [-0.39, 0.29) is 18.6 Å². The van der Waals surface area contributed by atoms with Gasteiger partial charge in [0.2, 0.25) is 0 Å². The molecule has 18 heavy (non-hydrogen) atoms. The summed E-state index contributed by atoms with van der Waals surface area (Å²) in [5, 5.41) is 18.3. The van der Waals surface area contributed by atoms with Crippen LogP contribution in [0.5, 0.6) is 5.75 Å². The zero-order valence-corrected chi connectivity index (χ0v) is 10.4. The second-order valence-corrected chi connectivity index (χ2v) is 3.54. The van der Waals surface area contributed by atoms with Gasteiger partial charge in [0.15, 0.2) is 0 Å². The van der Waals surface area contributed by atoms with E-state index in [2.05, 4.69) is 0 Å². The van der Waals surface area contributed by atoms with Gasteiger partial charge >= 0.3 is 5.97 Å². The Morgan fingerprint density at radius 1 is 1.44 bits per heavy atom. The molecular formula is C13H15NO4. The smallest absolute Gasteiger partial charge is 0.310 e. The zero-order valence-electron chi connectivity index (χ0n) is 10.4. The van der Waals surface area contributed by atoms with Gasteiger partial charge in [0.25, 0.3) is 0 Å². The lowest BCUT2D eigenvalue weighted by molar-refractivity contribution is -0.142. The molecule has 5 nitrogen and oxygen atoms in total. The highest BCUT2D eigenvalue weighted by atomic mass is 16.5. The summed E-state index contributed by atoms with van der Waals surface area (Å²) in [5.74, 6) is -0.0883. The van der Waals surface area contributed by atoms with Crippen molar-refractivity contribution in [3.05, 3.63) is 28.8 Å². The fourth-order valence-corrected chi connectivity index (χ4v) is 1.66. The molecule has 1 N–H and O–H groups in total. The maximum Gasteiger partial charge on any atom is 0.310 e. The summed E-state index contributed by atoms with van der Waals surface area (Å²) in [6.45, 7) is 1.79. The lowest BCUT2D eigenvalue weighted by Crippen LogP contribution is -2.10. The summed E-state index contributed by atoms with van der Waals surface area (Å²) in [7, 11) is 1.42. The first-order valence-electron chi connectivity index (χ1n) is 5.53. The molecule has 0 radical (unpaired) electrons. The van der Waals surface area contributed by atoms with Crippen LogP contribution in [0.1, 0.15) is 23.6 Å². The van der Waals surface area contributed by atoms with Crippen molar-refractivity contribution >= 4 is 5.97 Å². The Bertz CT molecular complexity index is 477. The van der Waals surface area contributed by atoms with E-state index in [0.717, 1.165) is 0 Å². The van der Waals surface area contributed by atoms with Gasteiger partial charge < -0.3 is 14.6 Å². The average molecular weight is 249 g/mol. The lowest BCUT2D eigenvalue weighted by atomic mass is 10.0. The molecule has 5 heteroatoms. The van der Waals surface area contributed by atoms with Crippen LogP contribution in [0.2, 0.25) is 0 Å². The van der Waals surface area contributed by atoms with Crippen LogP contribution in [0.15, 0.2) is 12.1 Å². The second kappa shape index (κ2) is 6.62. The van der Waals surface area contributed by atoms with Crippen LogP contribution in [-0.4, -0.2) is 24.8 Å². The first kappa shape index (κ1) is 14.0. The number of carbonyl (C=O) groups is 1. The van der Waals surface area contributed by atoms with Gasteiger partial charge in [-0.1, -0.05) is 12.1 Å². The van der Waals surface area contributed by atoms with E-state index in [1.807, 2.05) is 6.07 Å². The average Bonchev–Trinajstić information content (AvgIpc) is 2.38. The number of esters is 1. The third-order valence-corrected chi connectivity index (χ3v) is 2.45. The second-order valence-electron chi connectivity index (χ2n) is 3.54. The number of aliphatic hydroxyl groups excluding tert-OH is 1. The van der Waals surface area contributed by atoms with E-state index in [4.69, 9.17) is 19.8 Å². The van der Waals surface area contributed by atoms with E-state index in [9.17, 15) is 4.79 Å². The number of benzene rings is 1. The molecule has 0 saturated carbocycles. The fraction of sp³-hybridized carbons (Fsp3) is 0.385. The van der Waals surface area contributed by atoms with Crippen molar-refractivity contribution in [1.29, 1.82) is 5.26 Å². The van der Waals surface area contributed by atoms with Crippen LogP contribution < -0.4 is 4.74 Å². The minimum Gasteiger partial charge on any atom is -0.495 e. The molecular weight excluding hydrogens is 234 g/mol. The molecule has 0 saturated heterocycles. The van der Waals surface area contributed by atoms with Crippen molar-refractivity contribution in [1.82, 2.24) is 0 Å². The van der Waals surface area contributed by atoms with Gasteiger partial charge in [0.05, 0.1) is 32.3 Å². The number of methoxy groups -OCH3 is 1. The summed E-state index contributed by atoms with van der Waals surface area (Å²) in [6, 6.07) is 5.26. The van der Waals surface area contributed by atoms with Crippen LogP contribution in [0.3, 0.4) is 0 Å². The van der Waals surface area contributed by atoms with Crippen molar-refractivity contribution in [2.75, 3.05) is 13.7 Å². The predicted octanol–water partition coefficient (Wildman–Crippen LogP) is 1.16. The van der Waals surface area contributed by atoms with Gasteiger partial charge in [-0.3, -0.25) is 4.79 Å². The first-order chi connectivity index (χ1) is 8.67. The molecule has 0 atom stereocenters. The molecule has 1 aromatic rings. The maximum atomic E-state index is 11.4. The monoisotopic (exact) mass is 249 g/mol.